The van der Waals surface area contributed by atoms with E-state index in [1.54, 1.807) is 66.9 Å². The van der Waals surface area contributed by atoms with Gasteiger partial charge in [-0.3, -0.25) is 52.9 Å². The maximum Gasteiger partial charge on any atom is 0.237 e. The summed E-state index contributed by atoms with van der Waals surface area (Å²) in [6.45, 7) is 23.8. The number of aromatic nitrogens is 1. The Hall–Kier alpha value is -9.42. The normalized spacial score (nSPS) is 24.2. The number of ether oxygens (including phenoxy) is 1. The van der Waals surface area contributed by atoms with Crippen LogP contribution in [0.3, 0.4) is 0 Å². The number of β-amino-alcohol motifs (C(OH)–C–C–N with tert-alkyl or cyclic N) is 1. The Morgan fingerprint density at radius 1 is 0.427 bits per heavy atom. The molecule has 0 aromatic carbocycles. The van der Waals surface area contributed by atoms with Gasteiger partial charge in [0, 0.05) is 164 Å². The smallest absolute Gasteiger partial charge is 0.237 e. The van der Waals surface area contributed by atoms with Crippen LogP contribution < -0.4 is 31.9 Å². The van der Waals surface area contributed by atoms with Crippen molar-refractivity contribution in [3.63, 3.8) is 0 Å². The summed E-state index contributed by atoms with van der Waals surface area (Å²) in [5.41, 5.74) is -2.43. The van der Waals surface area contributed by atoms with Gasteiger partial charge in [-0.2, -0.15) is 30.6 Å². The van der Waals surface area contributed by atoms with Gasteiger partial charge in [0.05, 0.1) is 133 Å². The van der Waals surface area contributed by atoms with Crippen LogP contribution in [-0.2, 0) is 62.7 Å². The van der Waals surface area contributed by atoms with E-state index in [0.29, 0.717) is 71.0 Å². The molecule has 7 N–H and O–H groups in total. The number of likely N-dealkylation sites (tertiary alicyclic amines) is 7. The molecular weight excluding hydrogens is 1640 g/mol. The predicted molar refractivity (Wildman–Crippen MR) is 443 cm³/mol. The van der Waals surface area contributed by atoms with Crippen LogP contribution in [0.2, 0.25) is 0 Å². The molecule has 688 valence electrons. The maximum absolute atomic E-state index is 13.5. The molecular formula is C82H125F5N22O14S. The van der Waals surface area contributed by atoms with Crippen LogP contribution in [0.25, 0.3) is 0 Å². The zero-order valence-corrected chi connectivity index (χ0v) is 73.9. The number of amides is 10. The summed E-state index contributed by atoms with van der Waals surface area (Å²) in [6.07, 6.45) is 2.09. The summed E-state index contributed by atoms with van der Waals surface area (Å²) >= 11 is 0. The number of nitrogens with zero attached hydrogens (tertiary/aromatic N) is 16. The fraction of sp³-hybridized carbons (Fsp3) is 0.756. The molecule has 1 aromatic rings. The molecule has 0 saturated carbocycles. The number of nitriles is 5. The number of rotatable bonds is 27. The lowest BCUT2D eigenvalue weighted by Gasteiger charge is -2.35. The molecule has 1 unspecified atom stereocenters. The molecule has 9 saturated heterocycles. The number of pyridine rings is 1. The molecule has 1 aromatic heterocycles. The van der Waals surface area contributed by atoms with Crippen molar-refractivity contribution < 1.29 is 88.2 Å². The highest BCUT2D eigenvalue weighted by atomic mass is 32.2. The third-order valence-electron chi connectivity index (χ3n) is 22.5. The van der Waals surface area contributed by atoms with Crippen LogP contribution in [-0.4, -0.2) is 371 Å². The summed E-state index contributed by atoms with van der Waals surface area (Å²) in [7, 11) is -3.26. The molecule has 42 heteroatoms. The molecule has 10 amide bonds. The highest BCUT2D eigenvalue weighted by molar-refractivity contribution is 7.88. The summed E-state index contributed by atoms with van der Waals surface area (Å²) in [5.74, 6) is -1.95. The van der Waals surface area contributed by atoms with Gasteiger partial charge in [0.15, 0.2) is 0 Å². The first-order valence-electron chi connectivity index (χ1n) is 42.0. The lowest BCUT2D eigenvalue weighted by atomic mass is 9.99. The van der Waals surface area contributed by atoms with Crippen molar-refractivity contribution in [2.24, 2.45) is 0 Å². The highest BCUT2D eigenvalue weighted by Gasteiger charge is 2.43. The number of hydrogen-bond donors (Lipinski definition) is 7. The number of aliphatic hydroxyl groups is 1. The topological polar surface area (TPSA) is 471 Å². The van der Waals surface area contributed by atoms with E-state index in [4.69, 9.17) is 31.0 Å². The lowest BCUT2D eigenvalue weighted by Crippen LogP contribution is -2.53. The Morgan fingerprint density at radius 3 is 0.992 bits per heavy atom. The second-order valence-electron chi connectivity index (χ2n) is 35.9. The summed E-state index contributed by atoms with van der Waals surface area (Å²) in [6, 6.07) is 9.65. The SMILES string of the molecule is CC(C)(CC(=O)N1CCC(O)C1)NCC(=O)N1C[C@@H](F)C[C@H]1C#N.CC(C)(CC(=O)N1CCCC1)NCC(=O)N1C[C@@H](F)C[C@H]1C#N.CC(C)(CC(=O)N1CCN(S(C)(=O)=O)CC1)NCC(=O)N1C[C@@H](F)C[C@H]1C#N.CC(C)(CC(=O)N1CCOCC1)NCC(=O)N1C[C@@H](F)C[C@H]1C#N.CC(C)(CC(=O)Nc1cccnc1)NCC(=O)N1C[C@@H](F)C[C@H]1C#N. The van der Waals surface area contributed by atoms with Gasteiger partial charge in [0.1, 0.15) is 61.1 Å². The van der Waals surface area contributed by atoms with Crippen molar-refractivity contribution in [3.05, 3.63) is 24.5 Å². The van der Waals surface area contributed by atoms with Crippen molar-refractivity contribution in [1.82, 2.24) is 80.0 Å². The van der Waals surface area contributed by atoms with Crippen LogP contribution in [0.1, 0.15) is 153 Å². The zero-order chi connectivity index (χ0) is 92.2. The maximum atomic E-state index is 13.5. The van der Waals surface area contributed by atoms with E-state index in [1.165, 1.54) is 28.8 Å². The number of piperazine rings is 1. The summed E-state index contributed by atoms with van der Waals surface area (Å²) in [4.78, 5) is 140. The van der Waals surface area contributed by atoms with E-state index in [9.17, 15) is 83.4 Å². The number of carbonyl (C=O) groups is 10. The predicted octanol–water partition coefficient (Wildman–Crippen LogP) is 1.25. The van der Waals surface area contributed by atoms with E-state index in [0.717, 1.165) is 32.2 Å². The molecule has 9 aliphatic rings. The number of anilines is 1. The van der Waals surface area contributed by atoms with Crippen molar-refractivity contribution in [2.45, 2.75) is 248 Å². The zero-order valence-electron chi connectivity index (χ0n) is 73.1. The minimum absolute atomic E-state index is 0.00514. The van der Waals surface area contributed by atoms with Gasteiger partial charge in [0.25, 0.3) is 0 Å². The van der Waals surface area contributed by atoms with Crippen molar-refractivity contribution in [2.75, 3.05) is 156 Å². The second-order valence-corrected chi connectivity index (χ2v) is 37.9. The Labute approximate surface area is 724 Å². The highest BCUT2D eigenvalue weighted by Crippen LogP contribution is 2.27. The molecule has 9 aliphatic heterocycles. The largest absolute Gasteiger partial charge is 0.391 e. The molecule has 0 aliphatic carbocycles. The Balaban J connectivity index is 0.000000240. The monoisotopic (exact) mass is 1770 g/mol. The number of nitrogens with one attached hydrogen (secondary N) is 6. The first kappa shape index (κ1) is 103. The second kappa shape index (κ2) is 47.2. The van der Waals surface area contributed by atoms with Gasteiger partial charge in [-0.25, -0.2) is 30.4 Å². The van der Waals surface area contributed by atoms with Gasteiger partial charge < -0.3 is 85.8 Å². The fourth-order valence-corrected chi connectivity index (χ4v) is 16.2. The van der Waals surface area contributed by atoms with Gasteiger partial charge in [-0.05, 0) is 101 Å². The van der Waals surface area contributed by atoms with Crippen LogP contribution in [0, 0.1) is 56.7 Å². The van der Waals surface area contributed by atoms with Crippen LogP contribution in [0.15, 0.2) is 24.5 Å². The quantitative estimate of drug-likeness (QED) is 0.0609. The van der Waals surface area contributed by atoms with E-state index in [2.05, 4.69) is 36.9 Å². The van der Waals surface area contributed by atoms with Crippen LogP contribution in [0.4, 0.5) is 27.6 Å². The van der Waals surface area contributed by atoms with Crippen molar-refractivity contribution in [3.8, 4) is 30.3 Å². The van der Waals surface area contributed by atoms with E-state index in [1.807, 2.05) is 76.8 Å². The average Bonchev–Trinajstić information content (AvgIpc) is 1.11. The third-order valence-corrected chi connectivity index (χ3v) is 23.8. The molecule has 0 bridgehead atoms. The minimum Gasteiger partial charge on any atom is -0.391 e. The first-order valence-corrected chi connectivity index (χ1v) is 43.9. The van der Waals surface area contributed by atoms with E-state index < -0.39 is 105 Å². The van der Waals surface area contributed by atoms with E-state index >= 15 is 0 Å². The number of sulfonamides is 1. The molecule has 0 spiro atoms. The van der Waals surface area contributed by atoms with Gasteiger partial charge in [-0.15, -0.1) is 0 Å². The number of hydrogen-bond acceptors (Lipinski definition) is 25. The molecule has 11 atom stereocenters. The molecule has 124 heavy (non-hydrogen) atoms. The van der Waals surface area contributed by atoms with Crippen molar-refractivity contribution in [1.29, 1.82) is 26.3 Å². The molecule has 9 fully saturated rings. The molecule has 36 nitrogen and oxygen atoms in total. The first-order chi connectivity index (χ1) is 58.1. The number of carbonyl (C=O) groups excluding carboxylic acids is 10. The number of halogens is 5. The Kier molecular flexibility index (Phi) is 39.4. The third kappa shape index (κ3) is 33.8. The molecule has 10 rings (SSSR count). The molecule has 10 heterocycles. The summed E-state index contributed by atoms with van der Waals surface area (Å²) in [5, 5.41) is 72.5. The Bertz CT molecular complexity index is 4070. The van der Waals surface area contributed by atoms with Gasteiger partial charge in [-0.1, -0.05) is 0 Å². The average molecular weight is 1770 g/mol. The minimum atomic E-state index is -3.26. The standard InChI is InChI=1S/C17H28FN5O4S.C17H22FN5O2.2C16H25FN4O3.C16H25FN4O2/c1-17(2,20-11-16(25)23-12-13(18)8-14(23)10-19)9-15(24)21-4-6-22(7-5-21)28(3,26)27;1-17(2,7-15(24)22-13-4-3-5-20-9-13)21-10-16(25)23-11-12(18)6-14(23)8-19;1-16(2,8-14(22)20-3-5-24-6-4-20)19-10-15(23)21-11-12(17)7-13(21)9-18;1-16(2,6-14(23)20-4-3-13(22)10-20)19-8-15(24)21-9-11(17)5-12(21)7-18;1-16(2,8-14(22)20-5-3-4-6-20)19-10-15(23)21-11-12(17)7-13(21)9-18/h13-14,20H,4-9,11-12H2,1-3H3;3-5,9,12,14,21H,6-7,10-11H2,1-2H3,(H,22,24);12-13,19H,3-8,10-11H2,1-2H3;11-13,19,22H,3-6,8-10H2,1-2H3;12-13,19H,3-8,10-11H2,1-2H3/t13-,14-;12-,14-;12-,13-;11-,12-,13?;12-,13-/m00000/s1. The number of morpholine rings is 1. The van der Waals surface area contributed by atoms with Crippen LogP contribution >= 0.6 is 0 Å². The lowest BCUT2D eigenvalue weighted by molar-refractivity contribution is -0.137. The molecule has 0 radical (unpaired) electrons. The van der Waals surface area contributed by atoms with E-state index in [-0.39, 0.29) is 195 Å². The fourth-order valence-electron chi connectivity index (χ4n) is 15.3. The number of alkyl halides is 5. The summed E-state index contributed by atoms with van der Waals surface area (Å²) < 4.78 is 96.7. The van der Waals surface area contributed by atoms with Gasteiger partial charge >= 0.3 is 0 Å². The van der Waals surface area contributed by atoms with Gasteiger partial charge in [0.2, 0.25) is 69.1 Å². The number of aliphatic hydroxyl groups excluding tert-OH is 1. The van der Waals surface area contributed by atoms with Crippen molar-refractivity contribution >= 4 is 74.8 Å². The van der Waals surface area contributed by atoms with Crippen LogP contribution in [0.5, 0.6) is 0 Å². The Morgan fingerprint density at radius 2 is 0.718 bits per heavy atom.